The van der Waals surface area contributed by atoms with Gasteiger partial charge in [0.1, 0.15) is 5.82 Å². The van der Waals surface area contributed by atoms with Gasteiger partial charge in [-0.15, -0.1) is 0 Å². The summed E-state index contributed by atoms with van der Waals surface area (Å²) in [6.45, 7) is 4.97. The smallest absolute Gasteiger partial charge is 0.128 e. The fraction of sp³-hybridized carbons (Fsp3) is 0.294. The van der Waals surface area contributed by atoms with E-state index in [-0.39, 0.29) is 11.9 Å². The van der Waals surface area contributed by atoms with Crippen molar-refractivity contribution in [1.29, 1.82) is 0 Å². The third-order valence-electron chi connectivity index (χ3n) is 3.40. The minimum atomic E-state index is -0.185. The third-order valence-corrected chi connectivity index (χ3v) is 4.94. The molecule has 0 amide bonds. The van der Waals surface area contributed by atoms with Gasteiger partial charge in [-0.05, 0) is 49.2 Å². The second-order valence-corrected chi connectivity index (χ2v) is 6.74. The van der Waals surface area contributed by atoms with E-state index >= 15 is 0 Å². The number of aryl methyl sites for hydroxylation is 1. The topological polar surface area (TPSA) is 12.0 Å². The first-order chi connectivity index (χ1) is 10.0. The van der Waals surface area contributed by atoms with Crippen molar-refractivity contribution in [3.05, 3.63) is 67.9 Å². The van der Waals surface area contributed by atoms with Gasteiger partial charge in [0, 0.05) is 14.5 Å². The lowest BCUT2D eigenvalue weighted by atomic mass is 9.97. The summed E-state index contributed by atoms with van der Waals surface area (Å²) in [5, 5.41) is 3.44. The molecule has 0 saturated carbocycles. The van der Waals surface area contributed by atoms with Crippen LogP contribution in [0.2, 0.25) is 0 Å². The van der Waals surface area contributed by atoms with Gasteiger partial charge in [0.25, 0.3) is 0 Å². The molecule has 0 heterocycles. The van der Waals surface area contributed by atoms with Gasteiger partial charge in [0.05, 0.1) is 6.04 Å². The molecule has 0 aromatic heterocycles. The first-order valence-electron chi connectivity index (χ1n) is 6.98. The quantitative estimate of drug-likeness (QED) is 0.656. The molecule has 0 radical (unpaired) electrons. The molecule has 112 valence electrons. The first kappa shape index (κ1) is 16.7. The monoisotopic (exact) mass is 413 g/mol. The summed E-state index contributed by atoms with van der Waals surface area (Å²) in [5.74, 6) is -0.185. The highest BCUT2D eigenvalue weighted by atomic mass is 79.9. The Hall–Kier alpha value is -0.710. The molecule has 1 atom stereocenters. The van der Waals surface area contributed by atoms with E-state index in [2.05, 4.69) is 56.2 Å². The minimum absolute atomic E-state index is 0.169. The summed E-state index contributed by atoms with van der Waals surface area (Å²) in [5.41, 5.74) is 2.85. The summed E-state index contributed by atoms with van der Waals surface area (Å²) >= 11 is 7.18. The Morgan fingerprint density at radius 2 is 1.81 bits per heavy atom. The number of hydrogen-bond donors (Lipinski definition) is 1. The fourth-order valence-electron chi connectivity index (χ4n) is 2.27. The lowest BCUT2D eigenvalue weighted by molar-refractivity contribution is 0.545. The minimum Gasteiger partial charge on any atom is -0.306 e. The van der Waals surface area contributed by atoms with Crippen molar-refractivity contribution in [2.75, 3.05) is 6.54 Å². The van der Waals surface area contributed by atoms with E-state index in [1.54, 1.807) is 6.07 Å². The molecule has 21 heavy (non-hydrogen) atoms. The Morgan fingerprint density at radius 3 is 2.48 bits per heavy atom. The van der Waals surface area contributed by atoms with Crippen LogP contribution in [0, 0.1) is 12.7 Å². The van der Waals surface area contributed by atoms with E-state index in [0.717, 1.165) is 33.0 Å². The Kier molecular flexibility index (Phi) is 5.97. The van der Waals surface area contributed by atoms with Gasteiger partial charge in [0.15, 0.2) is 0 Å². The molecule has 2 aromatic carbocycles. The van der Waals surface area contributed by atoms with Crippen molar-refractivity contribution in [3.63, 3.8) is 0 Å². The van der Waals surface area contributed by atoms with Crippen molar-refractivity contribution in [3.8, 4) is 0 Å². The van der Waals surface area contributed by atoms with E-state index in [1.165, 1.54) is 6.07 Å². The van der Waals surface area contributed by atoms with Crippen molar-refractivity contribution in [1.82, 2.24) is 5.32 Å². The van der Waals surface area contributed by atoms with Crippen molar-refractivity contribution >= 4 is 31.9 Å². The van der Waals surface area contributed by atoms with E-state index in [4.69, 9.17) is 0 Å². The van der Waals surface area contributed by atoms with Crippen LogP contribution in [0.15, 0.2) is 45.3 Å². The van der Waals surface area contributed by atoms with Crippen LogP contribution < -0.4 is 5.32 Å². The van der Waals surface area contributed by atoms with Crippen LogP contribution in [0.1, 0.15) is 36.1 Å². The van der Waals surface area contributed by atoms with Crippen molar-refractivity contribution < 1.29 is 4.39 Å². The normalized spacial score (nSPS) is 12.4. The second kappa shape index (κ2) is 7.52. The maximum Gasteiger partial charge on any atom is 0.128 e. The molecule has 1 N–H and O–H groups in total. The van der Waals surface area contributed by atoms with Crippen LogP contribution >= 0.6 is 31.9 Å². The molecular formula is C17H18Br2FN. The number of nitrogens with one attached hydrogen (secondary N) is 1. The van der Waals surface area contributed by atoms with Gasteiger partial charge in [-0.3, -0.25) is 0 Å². The Balaban J connectivity index is 2.51. The standard InChI is InChI=1S/C17H18Br2FN/c1-3-8-21-17(12-6-4-5-7-16(12)20)13-10-14(18)11(2)9-15(13)19/h4-7,9-10,17,21H,3,8H2,1-2H3. The molecule has 0 bridgehead atoms. The zero-order valence-corrected chi connectivity index (χ0v) is 15.3. The van der Waals surface area contributed by atoms with Crippen LogP contribution in [-0.2, 0) is 0 Å². The summed E-state index contributed by atoms with van der Waals surface area (Å²) in [4.78, 5) is 0. The Labute approximate surface area is 142 Å². The average molecular weight is 415 g/mol. The number of halogens is 3. The van der Waals surface area contributed by atoms with E-state index in [9.17, 15) is 4.39 Å². The van der Waals surface area contributed by atoms with Gasteiger partial charge in [-0.25, -0.2) is 4.39 Å². The third kappa shape index (κ3) is 3.93. The Morgan fingerprint density at radius 1 is 1.10 bits per heavy atom. The molecule has 2 rings (SSSR count). The highest BCUT2D eigenvalue weighted by molar-refractivity contribution is 9.11. The summed E-state index contributed by atoms with van der Waals surface area (Å²) in [6.07, 6.45) is 0.996. The number of benzene rings is 2. The van der Waals surface area contributed by atoms with Crippen LogP contribution in [0.4, 0.5) is 4.39 Å². The van der Waals surface area contributed by atoms with Crippen molar-refractivity contribution in [2.24, 2.45) is 0 Å². The van der Waals surface area contributed by atoms with Gasteiger partial charge in [-0.1, -0.05) is 57.0 Å². The highest BCUT2D eigenvalue weighted by Gasteiger charge is 2.20. The Bertz CT molecular complexity index is 628. The lowest BCUT2D eigenvalue weighted by Crippen LogP contribution is -2.24. The summed E-state index contributed by atoms with van der Waals surface area (Å²) in [7, 11) is 0. The number of hydrogen-bond acceptors (Lipinski definition) is 1. The molecule has 0 aliphatic carbocycles. The molecule has 0 saturated heterocycles. The maximum atomic E-state index is 14.2. The molecule has 0 spiro atoms. The van der Waals surface area contributed by atoms with E-state index in [1.807, 2.05) is 19.1 Å². The van der Waals surface area contributed by atoms with Gasteiger partial charge in [-0.2, -0.15) is 0 Å². The molecule has 0 aliphatic heterocycles. The molecule has 0 aliphatic rings. The molecule has 1 nitrogen and oxygen atoms in total. The molecule has 2 aromatic rings. The maximum absolute atomic E-state index is 14.2. The highest BCUT2D eigenvalue weighted by Crippen LogP contribution is 2.33. The predicted octanol–water partition coefficient (Wildman–Crippen LogP) is 5.75. The average Bonchev–Trinajstić information content (AvgIpc) is 2.46. The van der Waals surface area contributed by atoms with E-state index in [0.29, 0.717) is 5.56 Å². The summed E-state index contributed by atoms with van der Waals surface area (Å²) < 4.78 is 16.2. The van der Waals surface area contributed by atoms with Gasteiger partial charge in [0.2, 0.25) is 0 Å². The van der Waals surface area contributed by atoms with Crippen LogP contribution in [-0.4, -0.2) is 6.54 Å². The van der Waals surface area contributed by atoms with Crippen LogP contribution in [0.5, 0.6) is 0 Å². The fourth-order valence-corrected chi connectivity index (χ4v) is 3.32. The molecular weight excluding hydrogens is 397 g/mol. The van der Waals surface area contributed by atoms with E-state index < -0.39 is 0 Å². The largest absolute Gasteiger partial charge is 0.306 e. The SMILES string of the molecule is CCCNC(c1ccccc1F)c1cc(Br)c(C)cc1Br. The molecule has 1 unspecified atom stereocenters. The van der Waals surface area contributed by atoms with Crippen LogP contribution in [0.25, 0.3) is 0 Å². The first-order valence-corrected chi connectivity index (χ1v) is 8.56. The summed E-state index contributed by atoms with van der Waals surface area (Å²) in [6, 6.07) is 10.9. The zero-order valence-electron chi connectivity index (χ0n) is 12.1. The van der Waals surface area contributed by atoms with Gasteiger partial charge < -0.3 is 5.32 Å². The second-order valence-electron chi connectivity index (χ2n) is 5.03. The molecule has 4 heteroatoms. The number of rotatable bonds is 5. The predicted molar refractivity (Wildman–Crippen MR) is 93.1 cm³/mol. The van der Waals surface area contributed by atoms with Gasteiger partial charge >= 0.3 is 0 Å². The van der Waals surface area contributed by atoms with Crippen molar-refractivity contribution in [2.45, 2.75) is 26.3 Å². The van der Waals surface area contributed by atoms with Crippen LogP contribution in [0.3, 0.4) is 0 Å². The zero-order chi connectivity index (χ0) is 15.4. The lowest BCUT2D eigenvalue weighted by Gasteiger charge is -2.22. The molecule has 0 fully saturated rings.